The Kier molecular flexibility index (Phi) is 2.26. The molecule has 0 saturated heterocycles. The minimum absolute atomic E-state index is 0.626. The molecule has 0 saturated carbocycles. The van der Waals surface area contributed by atoms with Crippen LogP contribution in [0, 0.1) is 0 Å². The molecule has 0 aliphatic carbocycles. The average Bonchev–Trinajstić information content (AvgIpc) is 2.17. The highest BCUT2D eigenvalue weighted by Gasteiger charge is 2.13. The van der Waals surface area contributed by atoms with E-state index in [4.69, 9.17) is 0 Å². The average molecular weight is 175 g/mol. The monoisotopic (exact) mass is 175 g/mol. The summed E-state index contributed by atoms with van der Waals surface area (Å²) in [4.78, 5) is 0. The van der Waals surface area contributed by atoms with Crippen molar-refractivity contribution in [3.8, 4) is 0 Å². The Bertz CT molecular complexity index is 302. The summed E-state index contributed by atoms with van der Waals surface area (Å²) in [5.41, 5.74) is 4.37. The number of para-hydroxylation sites is 1. The minimum Gasteiger partial charge on any atom is -0.385 e. The molecule has 1 N–H and O–H groups in total. The Morgan fingerprint density at radius 2 is 2.15 bits per heavy atom. The van der Waals surface area contributed by atoms with Crippen molar-refractivity contribution in [2.75, 3.05) is 11.9 Å². The number of aryl methyl sites for hydroxylation is 1. The molecule has 1 nitrogen and oxygen atoms in total. The lowest BCUT2D eigenvalue weighted by atomic mass is 9.94. The summed E-state index contributed by atoms with van der Waals surface area (Å²) in [5, 5.41) is 3.51. The van der Waals surface area contributed by atoms with Crippen molar-refractivity contribution >= 4 is 5.69 Å². The molecule has 0 atom stereocenters. The maximum absolute atomic E-state index is 3.51. The van der Waals surface area contributed by atoms with Crippen LogP contribution >= 0.6 is 0 Å². The van der Waals surface area contributed by atoms with Crippen LogP contribution in [0.25, 0.3) is 0 Å². The molecule has 0 unspecified atom stereocenters. The number of hydrogen-bond acceptors (Lipinski definition) is 1. The Labute approximate surface area is 80.2 Å². The summed E-state index contributed by atoms with van der Waals surface area (Å²) in [6, 6.07) is 6.66. The molecular formula is C12H17N. The van der Waals surface area contributed by atoms with Gasteiger partial charge in [-0.2, -0.15) is 0 Å². The van der Waals surface area contributed by atoms with Gasteiger partial charge < -0.3 is 5.32 Å². The summed E-state index contributed by atoms with van der Waals surface area (Å²) >= 11 is 0. The predicted molar refractivity (Wildman–Crippen MR) is 57.3 cm³/mol. The van der Waals surface area contributed by atoms with Gasteiger partial charge in [0.2, 0.25) is 0 Å². The molecule has 70 valence electrons. The predicted octanol–water partition coefficient (Wildman–Crippen LogP) is 3.17. The van der Waals surface area contributed by atoms with Gasteiger partial charge in [0.25, 0.3) is 0 Å². The summed E-state index contributed by atoms with van der Waals surface area (Å²) in [5.74, 6) is 0.626. The Morgan fingerprint density at radius 1 is 1.31 bits per heavy atom. The van der Waals surface area contributed by atoms with E-state index in [1.54, 1.807) is 0 Å². The van der Waals surface area contributed by atoms with Gasteiger partial charge in [0, 0.05) is 12.2 Å². The fraction of sp³-hybridized carbons (Fsp3) is 0.500. The van der Waals surface area contributed by atoms with E-state index in [1.165, 1.54) is 29.7 Å². The lowest BCUT2D eigenvalue weighted by Crippen LogP contribution is -2.14. The standard InChI is InChI=1S/C12H17N/c1-9(2)11-7-3-5-10-6-4-8-13-12(10)11/h3,5,7,9,13H,4,6,8H2,1-2H3. The molecule has 1 heteroatoms. The molecular weight excluding hydrogens is 158 g/mol. The third-order valence-corrected chi connectivity index (χ3v) is 2.73. The van der Waals surface area contributed by atoms with Gasteiger partial charge in [-0.25, -0.2) is 0 Å². The molecule has 0 fully saturated rings. The lowest BCUT2D eigenvalue weighted by Gasteiger charge is -2.22. The van der Waals surface area contributed by atoms with E-state index in [9.17, 15) is 0 Å². The zero-order valence-corrected chi connectivity index (χ0v) is 8.43. The van der Waals surface area contributed by atoms with Crippen LogP contribution in [0.3, 0.4) is 0 Å². The normalized spacial score (nSPS) is 15.3. The first-order valence-corrected chi connectivity index (χ1v) is 5.14. The van der Waals surface area contributed by atoms with Crippen molar-refractivity contribution in [3.05, 3.63) is 29.3 Å². The van der Waals surface area contributed by atoms with E-state index in [0.29, 0.717) is 5.92 Å². The summed E-state index contributed by atoms with van der Waals surface area (Å²) in [7, 11) is 0. The van der Waals surface area contributed by atoms with Gasteiger partial charge in [0.15, 0.2) is 0 Å². The molecule has 0 radical (unpaired) electrons. The first kappa shape index (κ1) is 8.61. The maximum atomic E-state index is 3.51. The van der Waals surface area contributed by atoms with E-state index in [0.717, 1.165) is 6.54 Å². The van der Waals surface area contributed by atoms with Gasteiger partial charge in [0.05, 0.1) is 0 Å². The second-order valence-corrected chi connectivity index (χ2v) is 4.07. The van der Waals surface area contributed by atoms with Crippen molar-refractivity contribution in [1.29, 1.82) is 0 Å². The Morgan fingerprint density at radius 3 is 2.92 bits per heavy atom. The number of rotatable bonds is 1. The van der Waals surface area contributed by atoms with E-state index in [2.05, 4.69) is 37.4 Å². The third-order valence-electron chi connectivity index (χ3n) is 2.73. The lowest BCUT2D eigenvalue weighted by molar-refractivity contribution is 0.803. The van der Waals surface area contributed by atoms with Gasteiger partial charge >= 0.3 is 0 Å². The van der Waals surface area contributed by atoms with Crippen molar-refractivity contribution in [2.24, 2.45) is 0 Å². The van der Waals surface area contributed by atoms with Crippen molar-refractivity contribution in [2.45, 2.75) is 32.6 Å². The molecule has 0 aromatic heterocycles. The fourth-order valence-electron chi connectivity index (χ4n) is 2.02. The van der Waals surface area contributed by atoms with Gasteiger partial charge in [-0.3, -0.25) is 0 Å². The first-order valence-electron chi connectivity index (χ1n) is 5.14. The molecule has 1 aromatic rings. The van der Waals surface area contributed by atoms with Crippen LogP contribution in [0.4, 0.5) is 5.69 Å². The van der Waals surface area contributed by atoms with Crippen LogP contribution < -0.4 is 5.32 Å². The molecule has 2 rings (SSSR count). The van der Waals surface area contributed by atoms with Crippen LogP contribution in [0.15, 0.2) is 18.2 Å². The zero-order valence-electron chi connectivity index (χ0n) is 8.43. The van der Waals surface area contributed by atoms with Crippen LogP contribution in [0.5, 0.6) is 0 Å². The Hall–Kier alpha value is -0.980. The molecule has 0 bridgehead atoms. The second-order valence-electron chi connectivity index (χ2n) is 4.07. The van der Waals surface area contributed by atoms with Crippen LogP contribution in [0.2, 0.25) is 0 Å². The largest absolute Gasteiger partial charge is 0.385 e. The molecule has 1 heterocycles. The van der Waals surface area contributed by atoms with Crippen LogP contribution in [-0.4, -0.2) is 6.54 Å². The zero-order chi connectivity index (χ0) is 9.26. The molecule has 1 aliphatic rings. The number of benzene rings is 1. The summed E-state index contributed by atoms with van der Waals surface area (Å²) in [6.45, 7) is 5.65. The summed E-state index contributed by atoms with van der Waals surface area (Å²) in [6.07, 6.45) is 2.51. The van der Waals surface area contributed by atoms with Gasteiger partial charge in [-0.05, 0) is 29.9 Å². The first-order chi connectivity index (χ1) is 6.29. The van der Waals surface area contributed by atoms with Crippen molar-refractivity contribution in [3.63, 3.8) is 0 Å². The maximum Gasteiger partial charge on any atom is 0.0407 e. The number of fused-ring (bicyclic) bond motifs is 1. The molecule has 0 spiro atoms. The number of anilines is 1. The topological polar surface area (TPSA) is 12.0 Å². The molecule has 0 amide bonds. The molecule has 1 aliphatic heterocycles. The van der Waals surface area contributed by atoms with Gasteiger partial charge in [0.1, 0.15) is 0 Å². The highest BCUT2D eigenvalue weighted by Crippen LogP contribution is 2.30. The second kappa shape index (κ2) is 3.41. The number of hydrogen-bond donors (Lipinski definition) is 1. The van der Waals surface area contributed by atoms with Crippen molar-refractivity contribution in [1.82, 2.24) is 0 Å². The smallest absolute Gasteiger partial charge is 0.0407 e. The minimum atomic E-state index is 0.626. The third kappa shape index (κ3) is 1.55. The fourth-order valence-corrected chi connectivity index (χ4v) is 2.02. The molecule has 1 aromatic carbocycles. The SMILES string of the molecule is CC(C)c1cccc2c1NCCC2. The van der Waals surface area contributed by atoms with E-state index < -0.39 is 0 Å². The van der Waals surface area contributed by atoms with Crippen LogP contribution in [0.1, 0.15) is 37.3 Å². The highest BCUT2D eigenvalue weighted by molar-refractivity contribution is 5.60. The van der Waals surface area contributed by atoms with Gasteiger partial charge in [-0.1, -0.05) is 32.0 Å². The van der Waals surface area contributed by atoms with E-state index in [1.807, 2.05) is 0 Å². The van der Waals surface area contributed by atoms with Crippen molar-refractivity contribution < 1.29 is 0 Å². The number of nitrogens with one attached hydrogen (secondary N) is 1. The summed E-state index contributed by atoms with van der Waals surface area (Å²) < 4.78 is 0. The van der Waals surface area contributed by atoms with Gasteiger partial charge in [-0.15, -0.1) is 0 Å². The van der Waals surface area contributed by atoms with Crippen LogP contribution in [-0.2, 0) is 6.42 Å². The Balaban J connectivity index is 2.46. The van der Waals surface area contributed by atoms with E-state index in [-0.39, 0.29) is 0 Å². The van der Waals surface area contributed by atoms with E-state index >= 15 is 0 Å². The quantitative estimate of drug-likeness (QED) is 0.691. The molecule has 13 heavy (non-hydrogen) atoms. The highest BCUT2D eigenvalue weighted by atomic mass is 14.9.